The number of carbonyl (C=O) groups is 3. The topological polar surface area (TPSA) is 127 Å². The van der Waals surface area contributed by atoms with E-state index in [1.165, 1.54) is 13.3 Å². The summed E-state index contributed by atoms with van der Waals surface area (Å²) in [5, 5.41) is 9.02. The number of methoxy groups -OCH3 is 1. The summed E-state index contributed by atoms with van der Waals surface area (Å²) < 4.78 is 16.3. The van der Waals surface area contributed by atoms with Crippen LogP contribution in [0.3, 0.4) is 0 Å². The maximum atomic E-state index is 12.2. The van der Waals surface area contributed by atoms with Gasteiger partial charge in [0.15, 0.2) is 18.1 Å². The lowest BCUT2D eigenvalue weighted by Crippen LogP contribution is -2.32. The molecule has 0 aliphatic rings. The molecule has 0 saturated carbocycles. The Morgan fingerprint density at radius 1 is 0.833 bits per heavy atom. The molecule has 3 aromatic carbocycles. The van der Waals surface area contributed by atoms with Gasteiger partial charge in [0.25, 0.3) is 5.91 Å². The van der Waals surface area contributed by atoms with Crippen molar-refractivity contribution in [3.63, 3.8) is 0 Å². The minimum atomic E-state index is -0.941. The summed E-state index contributed by atoms with van der Waals surface area (Å²) in [6.45, 7) is 1.98. The largest absolute Gasteiger partial charge is 0.497 e. The zero-order chi connectivity index (χ0) is 25.8. The van der Waals surface area contributed by atoms with Gasteiger partial charge in [-0.15, -0.1) is 0 Å². The van der Waals surface area contributed by atoms with E-state index in [0.29, 0.717) is 40.8 Å². The van der Waals surface area contributed by atoms with Crippen LogP contribution in [0.2, 0.25) is 0 Å². The lowest BCUT2D eigenvalue weighted by molar-refractivity contribution is -0.136. The molecule has 0 aliphatic carbocycles. The molecule has 10 heteroatoms. The SMILES string of the molecule is CCOc1cc(/C=N\NC(=O)C(=O)Nc2cccc(OC)c2)ccc1OCC(=O)Nc1ccccc1. The Hall–Kier alpha value is -4.86. The first kappa shape index (κ1) is 25.8. The Morgan fingerprint density at radius 3 is 2.36 bits per heavy atom. The van der Waals surface area contributed by atoms with Crippen LogP contribution in [0.5, 0.6) is 17.2 Å². The molecular formula is C26H26N4O6. The number of nitrogens with one attached hydrogen (secondary N) is 3. The number of hydrogen-bond donors (Lipinski definition) is 3. The lowest BCUT2D eigenvalue weighted by atomic mass is 10.2. The first-order valence-corrected chi connectivity index (χ1v) is 11.0. The quantitative estimate of drug-likeness (QED) is 0.228. The number of rotatable bonds is 10. The van der Waals surface area contributed by atoms with Crippen molar-refractivity contribution in [3.8, 4) is 17.2 Å². The van der Waals surface area contributed by atoms with E-state index in [9.17, 15) is 14.4 Å². The van der Waals surface area contributed by atoms with Crippen LogP contribution in [0, 0.1) is 0 Å². The average molecular weight is 491 g/mol. The van der Waals surface area contributed by atoms with Gasteiger partial charge in [0.2, 0.25) is 0 Å². The highest BCUT2D eigenvalue weighted by Crippen LogP contribution is 2.28. The number of hydrazone groups is 1. The molecule has 3 rings (SSSR count). The third kappa shape index (κ3) is 7.87. The van der Waals surface area contributed by atoms with Crippen LogP contribution in [0.1, 0.15) is 12.5 Å². The van der Waals surface area contributed by atoms with Crippen molar-refractivity contribution in [1.82, 2.24) is 5.43 Å². The molecule has 0 aliphatic heterocycles. The molecule has 186 valence electrons. The molecule has 3 aromatic rings. The maximum Gasteiger partial charge on any atom is 0.329 e. The standard InChI is InChI=1S/C26H26N4O6/c1-3-35-23-14-18(12-13-22(23)36-17-24(31)28-19-8-5-4-6-9-19)16-27-30-26(33)25(32)29-20-10-7-11-21(15-20)34-2/h4-16H,3,17H2,1-2H3,(H,28,31)(H,29,32)(H,30,33)/b27-16-. The average Bonchev–Trinajstić information content (AvgIpc) is 2.89. The van der Waals surface area contributed by atoms with Crippen molar-refractivity contribution in [2.24, 2.45) is 5.10 Å². The van der Waals surface area contributed by atoms with Gasteiger partial charge in [-0.3, -0.25) is 14.4 Å². The van der Waals surface area contributed by atoms with Gasteiger partial charge in [0, 0.05) is 17.4 Å². The van der Waals surface area contributed by atoms with Crippen molar-refractivity contribution < 1.29 is 28.6 Å². The van der Waals surface area contributed by atoms with E-state index in [0.717, 1.165) is 0 Å². The number of anilines is 2. The van der Waals surface area contributed by atoms with E-state index in [2.05, 4.69) is 21.2 Å². The van der Waals surface area contributed by atoms with Crippen molar-refractivity contribution in [1.29, 1.82) is 0 Å². The predicted octanol–water partition coefficient (Wildman–Crippen LogP) is 3.20. The first-order chi connectivity index (χ1) is 17.5. The lowest BCUT2D eigenvalue weighted by Gasteiger charge is -2.12. The molecule has 3 N–H and O–H groups in total. The van der Waals surface area contributed by atoms with E-state index in [4.69, 9.17) is 14.2 Å². The van der Waals surface area contributed by atoms with E-state index in [-0.39, 0.29) is 12.5 Å². The highest BCUT2D eigenvalue weighted by atomic mass is 16.5. The summed E-state index contributed by atoms with van der Waals surface area (Å²) >= 11 is 0. The number of para-hydroxylation sites is 1. The van der Waals surface area contributed by atoms with Crippen LogP contribution in [0.25, 0.3) is 0 Å². The monoisotopic (exact) mass is 490 g/mol. The second-order valence-corrected chi connectivity index (χ2v) is 7.23. The number of hydrogen-bond acceptors (Lipinski definition) is 7. The molecular weight excluding hydrogens is 464 g/mol. The fourth-order valence-electron chi connectivity index (χ4n) is 2.96. The summed E-state index contributed by atoms with van der Waals surface area (Å²) in [5.41, 5.74) is 3.83. The fraction of sp³-hybridized carbons (Fsp3) is 0.154. The van der Waals surface area contributed by atoms with Crippen LogP contribution < -0.4 is 30.3 Å². The summed E-state index contributed by atoms with van der Waals surface area (Å²) in [6.07, 6.45) is 1.35. The third-order valence-corrected chi connectivity index (χ3v) is 4.60. The Bertz CT molecular complexity index is 1230. The van der Waals surface area contributed by atoms with Crippen LogP contribution in [0.4, 0.5) is 11.4 Å². The number of benzene rings is 3. The van der Waals surface area contributed by atoms with Gasteiger partial charge in [-0.25, -0.2) is 5.43 Å². The Morgan fingerprint density at radius 2 is 1.61 bits per heavy atom. The minimum Gasteiger partial charge on any atom is -0.497 e. The second kappa shape index (κ2) is 13.1. The van der Waals surface area contributed by atoms with Crippen LogP contribution in [-0.2, 0) is 14.4 Å². The fourth-order valence-corrected chi connectivity index (χ4v) is 2.96. The zero-order valence-electron chi connectivity index (χ0n) is 19.8. The molecule has 0 saturated heterocycles. The van der Waals surface area contributed by atoms with Crippen molar-refractivity contribution in [2.75, 3.05) is 31.0 Å². The number of amides is 3. The van der Waals surface area contributed by atoms with Gasteiger partial charge in [-0.05, 0) is 55.0 Å². The number of carbonyl (C=O) groups excluding carboxylic acids is 3. The van der Waals surface area contributed by atoms with E-state index < -0.39 is 11.8 Å². The molecule has 0 bridgehead atoms. The van der Waals surface area contributed by atoms with E-state index in [1.807, 2.05) is 25.1 Å². The molecule has 0 heterocycles. The van der Waals surface area contributed by atoms with Crippen LogP contribution >= 0.6 is 0 Å². The number of ether oxygens (including phenoxy) is 3. The van der Waals surface area contributed by atoms with Crippen molar-refractivity contribution in [2.45, 2.75) is 6.92 Å². The van der Waals surface area contributed by atoms with Gasteiger partial charge in [0.05, 0.1) is 19.9 Å². The molecule has 0 atom stereocenters. The van der Waals surface area contributed by atoms with Gasteiger partial charge >= 0.3 is 11.8 Å². The van der Waals surface area contributed by atoms with E-state index in [1.54, 1.807) is 54.6 Å². The summed E-state index contributed by atoms with van der Waals surface area (Å²) in [6, 6.07) is 20.6. The molecule has 10 nitrogen and oxygen atoms in total. The molecule has 0 radical (unpaired) electrons. The van der Waals surface area contributed by atoms with E-state index >= 15 is 0 Å². The molecule has 0 unspecified atom stereocenters. The Kier molecular flexibility index (Phi) is 9.40. The zero-order valence-corrected chi connectivity index (χ0v) is 19.8. The first-order valence-electron chi connectivity index (χ1n) is 11.0. The van der Waals surface area contributed by atoms with Gasteiger partial charge in [0.1, 0.15) is 5.75 Å². The summed E-state index contributed by atoms with van der Waals surface area (Å²) in [5.74, 6) is -0.823. The van der Waals surface area contributed by atoms with Crippen molar-refractivity contribution >= 4 is 35.3 Å². The normalized spacial score (nSPS) is 10.4. The van der Waals surface area contributed by atoms with Crippen LogP contribution in [0.15, 0.2) is 77.9 Å². The highest BCUT2D eigenvalue weighted by Gasteiger charge is 2.13. The molecule has 3 amide bonds. The molecule has 36 heavy (non-hydrogen) atoms. The molecule has 0 aromatic heterocycles. The Labute approximate surface area is 208 Å². The summed E-state index contributed by atoms with van der Waals surface area (Å²) in [4.78, 5) is 36.3. The summed E-state index contributed by atoms with van der Waals surface area (Å²) in [7, 11) is 1.50. The highest BCUT2D eigenvalue weighted by molar-refractivity contribution is 6.39. The molecule has 0 fully saturated rings. The smallest absolute Gasteiger partial charge is 0.329 e. The van der Waals surface area contributed by atoms with Crippen molar-refractivity contribution in [3.05, 3.63) is 78.4 Å². The second-order valence-electron chi connectivity index (χ2n) is 7.23. The number of nitrogens with zero attached hydrogens (tertiary/aromatic N) is 1. The Balaban J connectivity index is 1.55. The maximum absolute atomic E-state index is 12.2. The third-order valence-electron chi connectivity index (χ3n) is 4.60. The predicted molar refractivity (Wildman–Crippen MR) is 136 cm³/mol. The van der Waals surface area contributed by atoms with Gasteiger partial charge < -0.3 is 24.8 Å². The molecule has 0 spiro atoms. The minimum absolute atomic E-state index is 0.207. The van der Waals surface area contributed by atoms with Gasteiger partial charge in [-0.2, -0.15) is 5.10 Å². The van der Waals surface area contributed by atoms with Crippen LogP contribution in [-0.4, -0.2) is 44.3 Å². The van der Waals surface area contributed by atoms with Gasteiger partial charge in [-0.1, -0.05) is 24.3 Å².